The number of Topliss-reactive ketones (excluding diaryl/α,β-unsaturated/α-hetero) is 1. The van der Waals surface area contributed by atoms with E-state index in [1.807, 2.05) is 18.9 Å². The van der Waals surface area contributed by atoms with Crippen molar-refractivity contribution in [1.82, 2.24) is 9.80 Å². The number of carbonyl (C=O) groups is 1. The molecular weight excluding hydrogens is 506 g/mol. The molecule has 11 nitrogen and oxygen atoms in total. The Morgan fingerprint density at radius 1 is 1.21 bits per heavy atom. The number of methoxy groups -OCH3 is 2. The molecule has 0 saturated carbocycles. The van der Waals surface area contributed by atoms with Gasteiger partial charge in [0, 0.05) is 42.3 Å². The van der Waals surface area contributed by atoms with Gasteiger partial charge in [0.25, 0.3) is 0 Å². The number of piperazine rings is 1. The van der Waals surface area contributed by atoms with Crippen LogP contribution >= 0.6 is 0 Å². The van der Waals surface area contributed by atoms with Crippen molar-refractivity contribution in [3.05, 3.63) is 45.4 Å². The van der Waals surface area contributed by atoms with Crippen LogP contribution in [0.1, 0.15) is 36.1 Å². The van der Waals surface area contributed by atoms with Gasteiger partial charge in [-0.1, -0.05) is 6.07 Å². The fourth-order valence-electron chi connectivity index (χ4n) is 7.55. The molecule has 4 heterocycles. The van der Waals surface area contributed by atoms with Crippen molar-refractivity contribution in [2.75, 3.05) is 41.5 Å². The molecule has 3 fully saturated rings. The quantitative estimate of drug-likeness (QED) is 0.521. The largest absolute Gasteiger partial charge is 0.493 e. The lowest BCUT2D eigenvalue weighted by atomic mass is 9.65. The van der Waals surface area contributed by atoms with E-state index in [2.05, 4.69) is 17.0 Å². The molecule has 6 atom stereocenters. The smallest absolute Gasteiger partial charge is 0.231 e. The SMILES string of the molecule is COCOc1c(OC)c(C)cc2c1[C@@H]1[C@@H]3C[C@]4(O)C(=O)C(C)=C5OCOC5=C4[C@H](CO)N3[C@@H](C#N)[C@H](C2)N1C. The average Bonchev–Trinajstić information content (AvgIpc) is 3.40. The monoisotopic (exact) mass is 539 g/mol. The summed E-state index contributed by atoms with van der Waals surface area (Å²) >= 11 is 0. The van der Waals surface area contributed by atoms with Crippen LogP contribution in [0.2, 0.25) is 0 Å². The first kappa shape index (κ1) is 26.1. The maximum Gasteiger partial charge on any atom is 0.231 e. The molecule has 5 aliphatic rings. The van der Waals surface area contributed by atoms with Crippen molar-refractivity contribution >= 4 is 5.78 Å². The molecule has 1 aliphatic carbocycles. The number of carbonyl (C=O) groups excluding carboxylic acids is 1. The van der Waals surface area contributed by atoms with Crippen LogP contribution in [0.5, 0.6) is 11.5 Å². The minimum atomic E-state index is -1.93. The highest BCUT2D eigenvalue weighted by Gasteiger charge is 2.64. The Bertz CT molecular complexity index is 1350. The van der Waals surface area contributed by atoms with E-state index in [0.29, 0.717) is 23.7 Å². The molecule has 0 radical (unpaired) electrons. The van der Waals surface area contributed by atoms with Crippen molar-refractivity contribution in [2.24, 2.45) is 0 Å². The zero-order chi connectivity index (χ0) is 27.8. The van der Waals surface area contributed by atoms with Gasteiger partial charge in [0.1, 0.15) is 6.04 Å². The lowest BCUT2D eigenvalue weighted by Crippen LogP contribution is -2.74. The van der Waals surface area contributed by atoms with Crippen molar-refractivity contribution in [3.63, 3.8) is 0 Å². The molecule has 1 aromatic carbocycles. The Morgan fingerprint density at radius 2 is 1.95 bits per heavy atom. The first-order chi connectivity index (χ1) is 18.7. The molecule has 39 heavy (non-hydrogen) atoms. The highest BCUT2D eigenvalue weighted by molar-refractivity contribution is 6.06. The number of nitrogens with zero attached hydrogens (tertiary/aromatic N) is 3. The highest BCUT2D eigenvalue weighted by Crippen LogP contribution is 2.56. The van der Waals surface area contributed by atoms with Crippen LogP contribution in [0.3, 0.4) is 0 Å². The summed E-state index contributed by atoms with van der Waals surface area (Å²) in [5.74, 6) is 1.22. The third kappa shape index (κ3) is 3.36. The molecule has 2 bridgehead atoms. The number of nitriles is 1. The van der Waals surface area contributed by atoms with Gasteiger partial charge >= 0.3 is 0 Å². The summed E-state index contributed by atoms with van der Waals surface area (Å²) in [6.07, 6.45) is 0.559. The van der Waals surface area contributed by atoms with E-state index in [4.69, 9.17) is 23.7 Å². The summed E-state index contributed by atoms with van der Waals surface area (Å²) in [6.45, 7) is 3.06. The molecule has 4 aliphatic heterocycles. The van der Waals surface area contributed by atoms with Crippen LogP contribution in [-0.4, -0.2) is 97.0 Å². The molecule has 11 heteroatoms. The number of aliphatic hydroxyl groups excluding tert-OH is 1. The number of ether oxygens (including phenoxy) is 5. The van der Waals surface area contributed by atoms with Crippen molar-refractivity contribution < 1.29 is 38.7 Å². The average molecular weight is 540 g/mol. The number of hydrogen-bond acceptors (Lipinski definition) is 11. The second-order valence-electron chi connectivity index (χ2n) is 10.8. The van der Waals surface area contributed by atoms with E-state index in [1.54, 1.807) is 21.1 Å². The molecule has 3 saturated heterocycles. The predicted octanol–water partition coefficient (Wildman–Crippen LogP) is 1.07. The summed E-state index contributed by atoms with van der Waals surface area (Å²) in [5.41, 5.74) is 1.40. The highest BCUT2D eigenvalue weighted by atomic mass is 16.7. The van der Waals surface area contributed by atoms with E-state index < -0.39 is 36.1 Å². The standard InChI is InChI=1S/C28H33N3O8/c1-13-6-15-7-16-18(9-29)31-17(22(30(16)3)20(15)25(23(13)36-5)37-11-35-4)8-28(34)21(19(31)10-32)26-24(38-12-39-26)14(2)27(28)33/h6,16-19,22,32,34H,7-8,10-12H2,1-5H3/t16-,17-,18-,19-,22-,28+/m0/s1. The Hall–Kier alpha value is -3.14. The lowest BCUT2D eigenvalue weighted by molar-refractivity contribution is -0.150. The Morgan fingerprint density at radius 3 is 2.62 bits per heavy atom. The number of benzene rings is 1. The van der Waals surface area contributed by atoms with E-state index in [0.717, 1.165) is 16.7 Å². The van der Waals surface area contributed by atoms with Crippen LogP contribution in [-0.2, 0) is 25.4 Å². The van der Waals surface area contributed by atoms with Crippen molar-refractivity contribution in [3.8, 4) is 17.6 Å². The fourth-order valence-corrected chi connectivity index (χ4v) is 7.55. The molecule has 208 valence electrons. The van der Waals surface area contributed by atoms with Crippen LogP contribution in [0.4, 0.5) is 0 Å². The molecule has 0 unspecified atom stereocenters. The van der Waals surface area contributed by atoms with E-state index >= 15 is 0 Å². The molecule has 0 amide bonds. The van der Waals surface area contributed by atoms with Gasteiger partial charge < -0.3 is 33.9 Å². The third-order valence-corrected chi connectivity index (χ3v) is 9.05. The normalized spacial score (nSPS) is 33.4. The maximum absolute atomic E-state index is 13.7. The summed E-state index contributed by atoms with van der Waals surface area (Å²) in [4.78, 5) is 17.9. The zero-order valence-corrected chi connectivity index (χ0v) is 22.7. The number of piperidine rings is 1. The first-order valence-electron chi connectivity index (χ1n) is 13.0. The van der Waals surface area contributed by atoms with Gasteiger partial charge in [-0.3, -0.25) is 14.6 Å². The minimum Gasteiger partial charge on any atom is -0.493 e. The molecule has 2 N–H and O–H groups in total. The molecule has 0 aromatic heterocycles. The zero-order valence-electron chi connectivity index (χ0n) is 22.7. The fraction of sp³-hybridized carbons (Fsp3) is 0.571. The predicted molar refractivity (Wildman–Crippen MR) is 135 cm³/mol. The summed E-state index contributed by atoms with van der Waals surface area (Å²) in [7, 11) is 5.09. The van der Waals surface area contributed by atoms with E-state index in [-0.39, 0.29) is 49.0 Å². The van der Waals surface area contributed by atoms with Gasteiger partial charge in [0.2, 0.25) is 6.79 Å². The number of rotatable bonds is 5. The number of aryl methyl sites for hydroxylation is 1. The Kier molecular flexibility index (Phi) is 6.17. The van der Waals surface area contributed by atoms with E-state index in [9.17, 15) is 20.3 Å². The number of ketones is 1. The van der Waals surface area contributed by atoms with Crippen molar-refractivity contribution in [1.29, 1.82) is 5.26 Å². The third-order valence-electron chi connectivity index (χ3n) is 9.05. The Labute approximate surface area is 226 Å². The number of hydrogen-bond donors (Lipinski definition) is 2. The molecular formula is C28H33N3O8. The lowest BCUT2D eigenvalue weighted by Gasteiger charge is -2.62. The van der Waals surface area contributed by atoms with Crippen LogP contribution in [0.25, 0.3) is 0 Å². The number of fused-ring (bicyclic) bond motifs is 8. The summed E-state index contributed by atoms with van der Waals surface area (Å²) in [6, 6.07) is 1.96. The topological polar surface area (TPSA) is 134 Å². The van der Waals surface area contributed by atoms with Gasteiger partial charge in [0.15, 0.2) is 41.2 Å². The summed E-state index contributed by atoms with van der Waals surface area (Å²) in [5, 5.41) is 33.5. The molecule has 6 rings (SSSR count). The van der Waals surface area contributed by atoms with Crippen LogP contribution in [0, 0.1) is 18.3 Å². The van der Waals surface area contributed by atoms with Gasteiger partial charge in [0.05, 0.1) is 31.9 Å². The van der Waals surface area contributed by atoms with Gasteiger partial charge in [-0.05, 0) is 38.4 Å². The maximum atomic E-state index is 13.7. The second kappa shape index (κ2) is 9.21. The number of likely N-dealkylation sites (N-methyl/N-ethyl adjacent to an activating group) is 1. The summed E-state index contributed by atoms with van der Waals surface area (Å²) < 4.78 is 28.5. The van der Waals surface area contributed by atoms with Gasteiger partial charge in [-0.15, -0.1) is 0 Å². The second-order valence-corrected chi connectivity index (χ2v) is 10.8. The van der Waals surface area contributed by atoms with E-state index in [1.165, 1.54) is 0 Å². The first-order valence-corrected chi connectivity index (χ1v) is 13.0. The van der Waals surface area contributed by atoms with Crippen LogP contribution < -0.4 is 9.47 Å². The van der Waals surface area contributed by atoms with Gasteiger partial charge in [-0.2, -0.15) is 5.26 Å². The van der Waals surface area contributed by atoms with Crippen molar-refractivity contribution in [2.45, 2.75) is 62.5 Å². The molecule has 1 aromatic rings. The van der Waals surface area contributed by atoms with Gasteiger partial charge in [-0.25, -0.2) is 0 Å². The minimum absolute atomic E-state index is 0.00333. The molecule has 0 spiro atoms. The number of aliphatic hydroxyl groups is 2. The van der Waals surface area contributed by atoms with Crippen LogP contribution in [0.15, 0.2) is 28.7 Å². The Balaban J connectivity index is 1.59.